The predicted molar refractivity (Wildman–Crippen MR) is 107 cm³/mol. The van der Waals surface area contributed by atoms with Gasteiger partial charge in [-0.3, -0.25) is 4.79 Å². The molecule has 1 N–H and O–H groups in total. The highest BCUT2D eigenvalue weighted by Crippen LogP contribution is 2.19. The first-order valence-electron chi connectivity index (χ1n) is 8.42. The van der Waals surface area contributed by atoms with Crippen molar-refractivity contribution in [3.05, 3.63) is 99.8 Å². The summed E-state index contributed by atoms with van der Waals surface area (Å²) in [4.78, 5) is 23.4. The van der Waals surface area contributed by atoms with Crippen LogP contribution in [0.4, 0.5) is 11.6 Å². The van der Waals surface area contributed by atoms with E-state index in [2.05, 4.69) is 10.3 Å². The summed E-state index contributed by atoms with van der Waals surface area (Å²) >= 11 is 6.05. The van der Waals surface area contributed by atoms with Crippen molar-refractivity contribution in [1.29, 1.82) is 0 Å². The average molecular weight is 378 g/mol. The second-order valence-corrected chi connectivity index (χ2v) is 6.38. The standard InChI is InChI=1S/C21H16ClN3O2/c22-16-11-12-19-18(13-16)20(26)25(27-14-15-7-3-1-4-8-15)21(24-19)23-17-9-5-2-6-10-17/h1-13H,14H2,(H,23,24). The maximum absolute atomic E-state index is 13.0. The minimum absolute atomic E-state index is 0.234. The van der Waals surface area contributed by atoms with Crippen LogP contribution in [0.2, 0.25) is 5.02 Å². The fraction of sp³-hybridized carbons (Fsp3) is 0.0476. The fourth-order valence-corrected chi connectivity index (χ4v) is 2.88. The van der Waals surface area contributed by atoms with Gasteiger partial charge in [0.25, 0.3) is 5.56 Å². The Balaban J connectivity index is 1.78. The summed E-state index contributed by atoms with van der Waals surface area (Å²) in [6, 6.07) is 24.1. The van der Waals surface area contributed by atoms with Crippen LogP contribution in [0.3, 0.4) is 0 Å². The van der Waals surface area contributed by atoms with Crippen molar-refractivity contribution in [1.82, 2.24) is 9.71 Å². The Hall–Kier alpha value is -3.31. The molecule has 0 saturated carbocycles. The SMILES string of the molecule is O=c1c2cc(Cl)ccc2nc(Nc2ccccc2)n1OCc1ccccc1. The van der Waals surface area contributed by atoms with Gasteiger partial charge in [-0.15, -0.1) is 4.73 Å². The smallest absolute Gasteiger partial charge is 0.295 e. The van der Waals surface area contributed by atoms with E-state index >= 15 is 0 Å². The van der Waals surface area contributed by atoms with E-state index in [4.69, 9.17) is 16.4 Å². The first kappa shape index (κ1) is 17.1. The number of hydrogen-bond acceptors (Lipinski definition) is 4. The van der Waals surface area contributed by atoms with Crippen LogP contribution in [0.1, 0.15) is 5.56 Å². The van der Waals surface area contributed by atoms with Crippen molar-refractivity contribution in [2.24, 2.45) is 0 Å². The number of para-hydroxylation sites is 1. The Morgan fingerprint density at radius 1 is 0.963 bits per heavy atom. The molecule has 0 unspecified atom stereocenters. The van der Waals surface area contributed by atoms with E-state index in [0.717, 1.165) is 11.3 Å². The summed E-state index contributed by atoms with van der Waals surface area (Å²) in [5, 5.41) is 4.02. The van der Waals surface area contributed by atoms with Crippen LogP contribution >= 0.6 is 11.6 Å². The van der Waals surface area contributed by atoms with Crippen LogP contribution in [-0.4, -0.2) is 9.71 Å². The molecule has 0 radical (unpaired) electrons. The number of rotatable bonds is 5. The summed E-state index contributed by atoms with van der Waals surface area (Å²) < 4.78 is 1.18. The predicted octanol–water partition coefficient (Wildman–Crippen LogP) is 4.42. The van der Waals surface area contributed by atoms with E-state index in [-0.39, 0.29) is 12.2 Å². The van der Waals surface area contributed by atoms with E-state index in [1.54, 1.807) is 18.2 Å². The number of aromatic nitrogens is 2. The molecule has 1 heterocycles. The van der Waals surface area contributed by atoms with Crippen LogP contribution in [0.5, 0.6) is 0 Å². The second-order valence-electron chi connectivity index (χ2n) is 5.95. The number of nitrogens with zero attached hydrogens (tertiary/aromatic N) is 2. The van der Waals surface area contributed by atoms with Gasteiger partial charge in [0, 0.05) is 10.7 Å². The van der Waals surface area contributed by atoms with Gasteiger partial charge >= 0.3 is 0 Å². The minimum Gasteiger partial charge on any atom is -0.402 e. The Kier molecular flexibility index (Phi) is 4.77. The van der Waals surface area contributed by atoms with Crippen LogP contribution in [0.15, 0.2) is 83.7 Å². The number of fused-ring (bicyclic) bond motifs is 1. The third-order valence-electron chi connectivity index (χ3n) is 4.03. The molecule has 6 heteroatoms. The molecule has 0 aliphatic heterocycles. The molecule has 27 heavy (non-hydrogen) atoms. The molecule has 0 saturated heterocycles. The zero-order valence-electron chi connectivity index (χ0n) is 14.3. The third kappa shape index (κ3) is 3.78. The molecule has 0 aliphatic rings. The molecule has 0 aliphatic carbocycles. The molecular weight excluding hydrogens is 362 g/mol. The van der Waals surface area contributed by atoms with Crippen molar-refractivity contribution < 1.29 is 4.84 Å². The summed E-state index contributed by atoms with van der Waals surface area (Å²) in [7, 11) is 0. The van der Waals surface area contributed by atoms with Crippen molar-refractivity contribution in [2.75, 3.05) is 5.32 Å². The summed E-state index contributed by atoms with van der Waals surface area (Å²) in [5.74, 6) is 0.303. The number of halogens is 1. The van der Waals surface area contributed by atoms with E-state index in [1.807, 2.05) is 60.7 Å². The first-order valence-corrected chi connectivity index (χ1v) is 8.80. The number of hydrogen-bond donors (Lipinski definition) is 1. The normalized spacial score (nSPS) is 10.7. The monoisotopic (exact) mass is 377 g/mol. The van der Waals surface area contributed by atoms with Crippen LogP contribution in [0.25, 0.3) is 10.9 Å². The Morgan fingerprint density at radius 3 is 2.41 bits per heavy atom. The summed E-state index contributed by atoms with van der Waals surface area (Å²) in [5.41, 5.74) is 1.97. The first-order chi connectivity index (χ1) is 13.2. The highest BCUT2D eigenvalue weighted by atomic mass is 35.5. The maximum Gasteiger partial charge on any atom is 0.295 e. The quantitative estimate of drug-likeness (QED) is 0.559. The second kappa shape index (κ2) is 7.51. The Labute approximate surface area is 160 Å². The number of benzene rings is 3. The fourth-order valence-electron chi connectivity index (χ4n) is 2.70. The van der Waals surface area contributed by atoms with E-state index < -0.39 is 0 Å². The van der Waals surface area contributed by atoms with Gasteiger partial charge in [-0.05, 0) is 35.9 Å². The third-order valence-corrected chi connectivity index (χ3v) is 4.26. The van der Waals surface area contributed by atoms with Gasteiger partial charge in [-0.1, -0.05) is 60.1 Å². The van der Waals surface area contributed by atoms with Gasteiger partial charge in [0.15, 0.2) is 0 Å². The van der Waals surface area contributed by atoms with Crippen LogP contribution in [0, 0.1) is 0 Å². The van der Waals surface area contributed by atoms with Crippen molar-refractivity contribution in [2.45, 2.75) is 6.61 Å². The zero-order chi connectivity index (χ0) is 18.6. The molecule has 4 aromatic rings. The number of nitrogens with one attached hydrogen (secondary N) is 1. The lowest BCUT2D eigenvalue weighted by molar-refractivity contribution is 0.0932. The maximum atomic E-state index is 13.0. The highest BCUT2D eigenvalue weighted by Gasteiger charge is 2.13. The van der Waals surface area contributed by atoms with Gasteiger partial charge in [-0.2, -0.15) is 0 Å². The zero-order valence-corrected chi connectivity index (χ0v) is 15.1. The Bertz CT molecular complexity index is 1130. The molecule has 0 spiro atoms. The van der Waals surface area contributed by atoms with Gasteiger partial charge < -0.3 is 10.2 Å². The summed E-state index contributed by atoms with van der Waals surface area (Å²) in [6.45, 7) is 0.234. The topological polar surface area (TPSA) is 56.2 Å². The van der Waals surface area contributed by atoms with Crippen molar-refractivity contribution >= 4 is 34.1 Å². The Morgan fingerprint density at radius 2 is 1.67 bits per heavy atom. The summed E-state index contributed by atoms with van der Waals surface area (Å²) in [6.07, 6.45) is 0. The average Bonchev–Trinajstić information content (AvgIpc) is 2.70. The van der Waals surface area contributed by atoms with E-state index in [9.17, 15) is 4.79 Å². The molecule has 134 valence electrons. The molecule has 0 bridgehead atoms. The number of anilines is 2. The molecule has 3 aromatic carbocycles. The molecule has 0 fully saturated rings. The van der Waals surface area contributed by atoms with Crippen LogP contribution in [-0.2, 0) is 6.61 Å². The minimum atomic E-state index is -0.322. The van der Waals surface area contributed by atoms with E-state index in [1.165, 1.54) is 4.73 Å². The molecular formula is C21H16ClN3O2. The lowest BCUT2D eigenvalue weighted by Gasteiger charge is -2.15. The van der Waals surface area contributed by atoms with Gasteiger partial charge in [0.2, 0.25) is 5.95 Å². The van der Waals surface area contributed by atoms with Gasteiger partial charge in [-0.25, -0.2) is 4.98 Å². The van der Waals surface area contributed by atoms with Gasteiger partial charge in [0.1, 0.15) is 6.61 Å². The molecule has 1 aromatic heterocycles. The van der Waals surface area contributed by atoms with Crippen LogP contribution < -0.4 is 15.7 Å². The van der Waals surface area contributed by atoms with Crippen molar-refractivity contribution in [3.63, 3.8) is 0 Å². The van der Waals surface area contributed by atoms with E-state index in [0.29, 0.717) is 21.9 Å². The lowest BCUT2D eigenvalue weighted by Crippen LogP contribution is -2.30. The largest absolute Gasteiger partial charge is 0.402 e. The molecule has 5 nitrogen and oxygen atoms in total. The molecule has 0 amide bonds. The highest BCUT2D eigenvalue weighted by molar-refractivity contribution is 6.31. The van der Waals surface area contributed by atoms with Gasteiger partial charge in [0.05, 0.1) is 10.9 Å². The molecule has 0 atom stereocenters. The lowest BCUT2D eigenvalue weighted by atomic mass is 10.2. The molecule has 4 rings (SSSR count). The van der Waals surface area contributed by atoms with Crippen molar-refractivity contribution in [3.8, 4) is 0 Å².